The molecule has 0 aromatic heterocycles. The van der Waals surface area contributed by atoms with Crippen molar-refractivity contribution in [3.63, 3.8) is 0 Å². The fraction of sp³-hybridized carbons (Fsp3) is 0.136. The molecule has 27 heavy (non-hydrogen) atoms. The number of hydrogen-bond donors (Lipinski definition) is 1. The van der Waals surface area contributed by atoms with Crippen molar-refractivity contribution >= 4 is 10.0 Å². The van der Waals surface area contributed by atoms with E-state index >= 15 is 0 Å². The Kier molecular flexibility index (Phi) is 5.13. The summed E-state index contributed by atoms with van der Waals surface area (Å²) in [5.41, 5.74) is 1.43. The summed E-state index contributed by atoms with van der Waals surface area (Å²) in [4.78, 5) is 0.122. The predicted molar refractivity (Wildman–Crippen MR) is 106 cm³/mol. The zero-order chi connectivity index (χ0) is 19.5. The SMILES string of the molecule is Cc1ccc(S(=O)(=O)NC(C#N)(c2ccccc2)c2ccccc2C)cc1. The van der Waals surface area contributed by atoms with E-state index in [0.717, 1.165) is 11.1 Å². The lowest BCUT2D eigenvalue weighted by atomic mass is 9.83. The second kappa shape index (κ2) is 7.36. The van der Waals surface area contributed by atoms with Gasteiger partial charge in [-0.2, -0.15) is 9.98 Å². The highest BCUT2D eigenvalue weighted by molar-refractivity contribution is 7.89. The van der Waals surface area contributed by atoms with E-state index in [-0.39, 0.29) is 4.90 Å². The van der Waals surface area contributed by atoms with E-state index in [0.29, 0.717) is 11.1 Å². The number of hydrogen-bond acceptors (Lipinski definition) is 3. The van der Waals surface area contributed by atoms with Crippen LogP contribution < -0.4 is 4.72 Å². The van der Waals surface area contributed by atoms with Gasteiger partial charge in [0.25, 0.3) is 0 Å². The highest BCUT2D eigenvalue weighted by Gasteiger charge is 2.40. The second-order valence-electron chi connectivity index (χ2n) is 6.46. The zero-order valence-electron chi connectivity index (χ0n) is 15.2. The van der Waals surface area contributed by atoms with E-state index in [2.05, 4.69) is 10.8 Å². The minimum atomic E-state index is -3.93. The van der Waals surface area contributed by atoms with Crippen molar-refractivity contribution in [1.82, 2.24) is 4.72 Å². The van der Waals surface area contributed by atoms with Crippen molar-refractivity contribution in [2.45, 2.75) is 24.3 Å². The number of benzene rings is 3. The van der Waals surface area contributed by atoms with Crippen LogP contribution in [0.1, 0.15) is 22.3 Å². The van der Waals surface area contributed by atoms with Gasteiger partial charge in [0.05, 0.1) is 11.0 Å². The van der Waals surface area contributed by atoms with Crippen LogP contribution in [0.25, 0.3) is 0 Å². The standard InChI is InChI=1S/C22H20N2O2S/c1-17-12-14-20(15-13-17)27(25,26)24-22(16-23,19-9-4-3-5-10-19)21-11-7-6-8-18(21)2/h3-15,24H,1-2H3. The van der Waals surface area contributed by atoms with Crippen molar-refractivity contribution in [3.05, 3.63) is 101 Å². The molecule has 1 unspecified atom stereocenters. The summed E-state index contributed by atoms with van der Waals surface area (Å²) >= 11 is 0. The summed E-state index contributed by atoms with van der Waals surface area (Å²) in [5, 5.41) is 10.2. The van der Waals surface area contributed by atoms with Crippen molar-refractivity contribution in [2.24, 2.45) is 0 Å². The molecule has 3 aromatic carbocycles. The van der Waals surface area contributed by atoms with Crippen molar-refractivity contribution < 1.29 is 8.42 Å². The van der Waals surface area contributed by atoms with Crippen LogP contribution in [0.15, 0.2) is 83.8 Å². The Morgan fingerprint density at radius 3 is 2.04 bits per heavy atom. The summed E-state index contributed by atoms with van der Waals surface area (Å²) in [5.74, 6) is 0. The Balaban J connectivity index is 2.21. The smallest absolute Gasteiger partial charge is 0.207 e. The number of rotatable bonds is 5. The largest absolute Gasteiger partial charge is 0.242 e. The average molecular weight is 376 g/mol. The Labute approximate surface area is 160 Å². The zero-order valence-corrected chi connectivity index (χ0v) is 16.0. The van der Waals surface area contributed by atoms with E-state index < -0.39 is 15.6 Å². The van der Waals surface area contributed by atoms with Gasteiger partial charge in [0.2, 0.25) is 10.0 Å². The molecular weight excluding hydrogens is 356 g/mol. The summed E-state index contributed by atoms with van der Waals surface area (Å²) in [7, 11) is -3.93. The third kappa shape index (κ3) is 3.63. The molecule has 0 aliphatic carbocycles. The molecule has 0 fully saturated rings. The summed E-state index contributed by atoms with van der Waals surface area (Å²) in [6, 6.07) is 25.0. The Bertz CT molecular complexity index is 1090. The van der Waals surface area contributed by atoms with Crippen LogP contribution >= 0.6 is 0 Å². The van der Waals surface area contributed by atoms with Gasteiger partial charge < -0.3 is 0 Å². The van der Waals surface area contributed by atoms with E-state index in [1.54, 1.807) is 60.7 Å². The number of sulfonamides is 1. The minimum absolute atomic E-state index is 0.122. The third-order valence-corrected chi connectivity index (χ3v) is 6.01. The molecule has 3 aromatic rings. The molecule has 0 amide bonds. The normalized spacial score (nSPS) is 13.5. The van der Waals surface area contributed by atoms with Gasteiger partial charge in [-0.3, -0.25) is 0 Å². The first-order valence-electron chi connectivity index (χ1n) is 8.52. The molecule has 0 saturated carbocycles. The molecule has 1 atom stereocenters. The average Bonchev–Trinajstić information content (AvgIpc) is 2.68. The molecule has 1 N–H and O–H groups in total. The maximum absolute atomic E-state index is 13.1. The predicted octanol–water partition coefficient (Wildman–Crippen LogP) is 4.05. The van der Waals surface area contributed by atoms with Gasteiger partial charge in [-0.1, -0.05) is 72.3 Å². The van der Waals surface area contributed by atoms with Crippen LogP contribution in [0.4, 0.5) is 0 Å². The summed E-state index contributed by atoms with van der Waals surface area (Å²) in [6.45, 7) is 3.76. The highest BCUT2D eigenvalue weighted by atomic mass is 32.2. The fourth-order valence-electron chi connectivity index (χ4n) is 3.08. The molecule has 0 aliphatic heterocycles. The summed E-state index contributed by atoms with van der Waals surface area (Å²) in [6.07, 6.45) is 0. The van der Waals surface area contributed by atoms with Gasteiger partial charge in [-0.15, -0.1) is 0 Å². The quantitative estimate of drug-likeness (QED) is 0.730. The first-order chi connectivity index (χ1) is 12.9. The molecule has 0 heterocycles. The van der Waals surface area contributed by atoms with Crippen LogP contribution in [0.3, 0.4) is 0 Å². The van der Waals surface area contributed by atoms with Gasteiger partial charge in [0.15, 0.2) is 5.54 Å². The maximum Gasteiger partial charge on any atom is 0.242 e. The third-order valence-electron chi connectivity index (χ3n) is 4.54. The minimum Gasteiger partial charge on any atom is -0.207 e. The van der Waals surface area contributed by atoms with Crippen LogP contribution in [0.5, 0.6) is 0 Å². The topological polar surface area (TPSA) is 70.0 Å². The van der Waals surface area contributed by atoms with Crippen molar-refractivity contribution in [2.75, 3.05) is 0 Å². The monoisotopic (exact) mass is 376 g/mol. The number of nitriles is 1. The van der Waals surface area contributed by atoms with E-state index in [1.807, 2.05) is 32.0 Å². The van der Waals surface area contributed by atoms with Gasteiger partial charge in [0.1, 0.15) is 0 Å². The van der Waals surface area contributed by atoms with Crippen LogP contribution in [-0.4, -0.2) is 8.42 Å². The van der Waals surface area contributed by atoms with E-state index in [4.69, 9.17) is 0 Å². The van der Waals surface area contributed by atoms with E-state index in [1.165, 1.54) is 0 Å². The Morgan fingerprint density at radius 2 is 1.44 bits per heavy atom. The van der Waals surface area contributed by atoms with Crippen molar-refractivity contribution in [1.29, 1.82) is 5.26 Å². The lowest BCUT2D eigenvalue weighted by Crippen LogP contribution is -2.46. The molecular formula is C22H20N2O2S. The lowest BCUT2D eigenvalue weighted by molar-refractivity contribution is 0.541. The molecule has 136 valence electrons. The molecule has 3 rings (SSSR count). The number of nitrogens with one attached hydrogen (secondary N) is 1. The molecule has 4 nitrogen and oxygen atoms in total. The molecule has 0 saturated heterocycles. The van der Waals surface area contributed by atoms with Crippen LogP contribution in [-0.2, 0) is 15.6 Å². The van der Waals surface area contributed by atoms with Crippen LogP contribution in [0, 0.1) is 25.2 Å². The van der Waals surface area contributed by atoms with Crippen LogP contribution in [0.2, 0.25) is 0 Å². The van der Waals surface area contributed by atoms with Gasteiger partial charge >= 0.3 is 0 Å². The molecule has 0 spiro atoms. The van der Waals surface area contributed by atoms with Gasteiger partial charge in [0, 0.05) is 0 Å². The lowest BCUT2D eigenvalue weighted by Gasteiger charge is -2.30. The van der Waals surface area contributed by atoms with Gasteiger partial charge in [-0.25, -0.2) is 8.42 Å². The fourth-order valence-corrected chi connectivity index (χ4v) is 4.37. The Hall–Kier alpha value is -2.94. The summed E-state index contributed by atoms with van der Waals surface area (Å²) < 4.78 is 28.9. The molecule has 5 heteroatoms. The molecule has 0 aliphatic rings. The molecule has 0 bridgehead atoms. The van der Waals surface area contributed by atoms with Gasteiger partial charge in [-0.05, 0) is 42.7 Å². The number of nitrogens with zero attached hydrogens (tertiary/aromatic N) is 1. The first kappa shape index (κ1) is 18.8. The highest BCUT2D eigenvalue weighted by Crippen LogP contribution is 2.33. The number of aryl methyl sites for hydroxylation is 2. The maximum atomic E-state index is 13.1. The molecule has 0 radical (unpaired) electrons. The van der Waals surface area contributed by atoms with E-state index in [9.17, 15) is 13.7 Å². The second-order valence-corrected chi connectivity index (χ2v) is 8.14. The first-order valence-corrected chi connectivity index (χ1v) is 10.0. The van der Waals surface area contributed by atoms with Crippen molar-refractivity contribution in [3.8, 4) is 6.07 Å². The Morgan fingerprint density at radius 1 is 0.852 bits per heavy atom.